The van der Waals surface area contributed by atoms with Crippen molar-refractivity contribution in [1.82, 2.24) is 19.7 Å². The first-order valence-electron chi connectivity index (χ1n) is 11.4. The molecule has 0 spiro atoms. The number of nitrogens with zero attached hydrogens (tertiary/aromatic N) is 5. The van der Waals surface area contributed by atoms with Crippen molar-refractivity contribution in [2.24, 2.45) is 13.0 Å². The molecule has 1 saturated carbocycles. The molecule has 1 saturated heterocycles. The highest BCUT2D eigenvalue weighted by Gasteiger charge is 2.26. The molecule has 2 aromatic heterocycles. The van der Waals surface area contributed by atoms with Gasteiger partial charge in [-0.25, -0.2) is 0 Å². The second kappa shape index (κ2) is 8.25. The van der Waals surface area contributed by atoms with Gasteiger partial charge in [-0.2, -0.15) is 5.10 Å². The summed E-state index contributed by atoms with van der Waals surface area (Å²) in [5.41, 5.74) is 6.06. The Kier molecular flexibility index (Phi) is 5.32. The van der Waals surface area contributed by atoms with Crippen LogP contribution in [-0.2, 0) is 18.3 Å². The number of rotatable bonds is 5. The Morgan fingerprint density at radius 2 is 1.97 bits per heavy atom. The first kappa shape index (κ1) is 19.3. The number of fused-ring (bicyclic) bond motifs is 1. The first-order chi connectivity index (χ1) is 14.7. The van der Waals surface area contributed by atoms with E-state index in [2.05, 4.69) is 38.2 Å². The number of hydrogen-bond donors (Lipinski definition) is 0. The SMILES string of the molecule is Cn1cc(C2=Cc3c(N4CCN(C(=O)CCC5CCCC5)CC4)ccnc3C2)cn1. The molecule has 0 aromatic carbocycles. The van der Waals surface area contributed by atoms with E-state index in [1.165, 1.54) is 48.1 Å². The van der Waals surface area contributed by atoms with Gasteiger partial charge in [0.1, 0.15) is 0 Å². The molecule has 6 heteroatoms. The Labute approximate surface area is 178 Å². The van der Waals surface area contributed by atoms with Crippen molar-refractivity contribution >= 4 is 23.2 Å². The average molecular weight is 406 g/mol. The second-order valence-electron chi connectivity index (χ2n) is 9.00. The third-order valence-electron chi connectivity index (χ3n) is 7.02. The van der Waals surface area contributed by atoms with Crippen LogP contribution in [0.25, 0.3) is 11.6 Å². The summed E-state index contributed by atoms with van der Waals surface area (Å²) >= 11 is 0. The van der Waals surface area contributed by atoms with Crippen LogP contribution in [0.4, 0.5) is 5.69 Å². The van der Waals surface area contributed by atoms with Crippen LogP contribution in [0.15, 0.2) is 24.7 Å². The number of allylic oxidation sites excluding steroid dienone is 1. The topological polar surface area (TPSA) is 54.3 Å². The van der Waals surface area contributed by atoms with Gasteiger partial charge in [-0.1, -0.05) is 25.7 Å². The zero-order chi connectivity index (χ0) is 20.5. The Bertz CT molecular complexity index is 948. The van der Waals surface area contributed by atoms with E-state index in [0.717, 1.165) is 57.1 Å². The van der Waals surface area contributed by atoms with E-state index >= 15 is 0 Å². The lowest BCUT2D eigenvalue weighted by molar-refractivity contribution is -0.131. The van der Waals surface area contributed by atoms with Crippen molar-refractivity contribution in [3.8, 4) is 0 Å². The van der Waals surface area contributed by atoms with Crippen molar-refractivity contribution in [2.75, 3.05) is 31.1 Å². The minimum atomic E-state index is 0.347. The van der Waals surface area contributed by atoms with Gasteiger partial charge >= 0.3 is 0 Å². The fraction of sp³-hybridized carbons (Fsp3) is 0.542. The molecule has 30 heavy (non-hydrogen) atoms. The fourth-order valence-electron chi connectivity index (χ4n) is 5.24. The van der Waals surface area contributed by atoms with Crippen LogP contribution in [-0.4, -0.2) is 51.8 Å². The zero-order valence-electron chi connectivity index (χ0n) is 17.9. The molecule has 3 aliphatic rings. The summed E-state index contributed by atoms with van der Waals surface area (Å²) in [6.45, 7) is 3.42. The Morgan fingerprint density at radius 3 is 2.70 bits per heavy atom. The number of amides is 1. The Balaban J connectivity index is 1.22. The first-order valence-corrected chi connectivity index (χ1v) is 11.4. The molecule has 2 fully saturated rings. The van der Waals surface area contributed by atoms with E-state index in [9.17, 15) is 4.79 Å². The molecule has 2 aromatic rings. The second-order valence-corrected chi connectivity index (χ2v) is 9.00. The van der Waals surface area contributed by atoms with Crippen LogP contribution in [0.1, 0.15) is 55.3 Å². The molecule has 3 heterocycles. The van der Waals surface area contributed by atoms with E-state index in [0.29, 0.717) is 5.91 Å². The quantitative estimate of drug-likeness (QED) is 0.764. The highest BCUT2D eigenvalue weighted by atomic mass is 16.2. The predicted molar refractivity (Wildman–Crippen MR) is 119 cm³/mol. The third-order valence-corrected chi connectivity index (χ3v) is 7.02. The lowest BCUT2D eigenvalue weighted by atomic mass is 10.0. The van der Waals surface area contributed by atoms with E-state index in [4.69, 9.17) is 0 Å². The number of hydrogen-bond acceptors (Lipinski definition) is 4. The molecule has 158 valence electrons. The van der Waals surface area contributed by atoms with E-state index in [-0.39, 0.29) is 0 Å². The number of pyridine rings is 1. The van der Waals surface area contributed by atoms with Crippen LogP contribution in [0, 0.1) is 5.92 Å². The van der Waals surface area contributed by atoms with Crippen LogP contribution in [0.2, 0.25) is 0 Å². The molecule has 1 aliphatic heterocycles. The number of piperazine rings is 1. The lowest BCUT2D eigenvalue weighted by Gasteiger charge is -2.37. The molecule has 0 unspecified atom stereocenters. The number of aryl methyl sites for hydroxylation is 1. The predicted octanol–water partition coefficient (Wildman–Crippen LogP) is 3.53. The summed E-state index contributed by atoms with van der Waals surface area (Å²) in [6.07, 6.45) is 16.2. The highest BCUT2D eigenvalue weighted by Crippen LogP contribution is 2.36. The normalized spacial score (nSPS) is 19.3. The molecule has 0 atom stereocenters. The summed E-state index contributed by atoms with van der Waals surface area (Å²) in [5.74, 6) is 1.13. The molecular weight excluding hydrogens is 374 g/mol. The van der Waals surface area contributed by atoms with Gasteiger partial charge in [-0.15, -0.1) is 0 Å². The van der Waals surface area contributed by atoms with Crippen LogP contribution >= 0.6 is 0 Å². The summed E-state index contributed by atoms with van der Waals surface area (Å²) in [7, 11) is 1.95. The number of carbonyl (C=O) groups is 1. The van der Waals surface area contributed by atoms with Gasteiger partial charge in [0.05, 0.1) is 11.9 Å². The average Bonchev–Trinajstić information content (AvgIpc) is 3.52. The van der Waals surface area contributed by atoms with E-state index in [1.807, 2.05) is 24.1 Å². The van der Waals surface area contributed by atoms with Crippen molar-refractivity contribution < 1.29 is 4.79 Å². The maximum atomic E-state index is 12.7. The van der Waals surface area contributed by atoms with Gasteiger partial charge in [-0.05, 0) is 30.1 Å². The standard InChI is InChI=1S/C24H31N5O/c1-27-17-20(16-26-27)19-14-21-22(15-19)25-9-8-23(21)28-10-12-29(13-11-28)24(30)7-6-18-4-2-3-5-18/h8-9,14,16-18H,2-7,10-13,15H2,1H3. The van der Waals surface area contributed by atoms with Crippen molar-refractivity contribution in [3.63, 3.8) is 0 Å². The van der Waals surface area contributed by atoms with Crippen molar-refractivity contribution in [3.05, 3.63) is 41.5 Å². The smallest absolute Gasteiger partial charge is 0.222 e. The van der Waals surface area contributed by atoms with Crippen LogP contribution in [0.3, 0.4) is 0 Å². The molecule has 6 nitrogen and oxygen atoms in total. The largest absolute Gasteiger partial charge is 0.367 e. The van der Waals surface area contributed by atoms with Gasteiger partial charge in [0, 0.05) is 75.3 Å². The summed E-state index contributed by atoms with van der Waals surface area (Å²) in [5, 5.41) is 4.31. The number of carbonyl (C=O) groups excluding carboxylic acids is 1. The maximum Gasteiger partial charge on any atom is 0.222 e. The molecule has 0 N–H and O–H groups in total. The van der Waals surface area contributed by atoms with Gasteiger partial charge in [0.2, 0.25) is 5.91 Å². The molecule has 0 radical (unpaired) electrons. The molecule has 2 aliphatic carbocycles. The minimum Gasteiger partial charge on any atom is -0.367 e. The van der Waals surface area contributed by atoms with E-state index in [1.54, 1.807) is 0 Å². The summed E-state index contributed by atoms with van der Waals surface area (Å²) < 4.78 is 1.84. The fourth-order valence-corrected chi connectivity index (χ4v) is 5.24. The highest BCUT2D eigenvalue weighted by molar-refractivity contribution is 5.91. The van der Waals surface area contributed by atoms with Gasteiger partial charge in [0.25, 0.3) is 0 Å². The summed E-state index contributed by atoms with van der Waals surface area (Å²) in [4.78, 5) is 21.8. The zero-order valence-corrected chi connectivity index (χ0v) is 17.9. The number of anilines is 1. The Hall–Kier alpha value is -2.63. The van der Waals surface area contributed by atoms with Crippen molar-refractivity contribution in [1.29, 1.82) is 0 Å². The third kappa shape index (κ3) is 3.87. The van der Waals surface area contributed by atoms with Gasteiger partial charge in [-0.3, -0.25) is 14.5 Å². The van der Waals surface area contributed by atoms with Crippen LogP contribution < -0.4 is 4.90 Å². The maximum absolute atomic E-state index is 12.7. The minimum absolute atomic E-state index is 0.347. The van der Waals surface area contributed by atoms with Crippen molar-refractivity contribution in [2.45, 2.75) is 44.9 Å². The molecule has 5 rings (SSSR count). The monoisotopic (exact) mass is 405 g/mol. The molecule has 1 amide bonds. The number of aromatic nitrogens is 3. The molecule has 0 bridgehead atoms. The van der Waals surface area contributed by atoms with Gasteiger partial charge < -0.3 is 9.80 Å². The van der Waals surface area contributed by atoms with E-state index < -0.39 is 0 Å². The lowest BCUT2D eigenvalue weighted by Crippen LogP contribution is -2.49. The van der Waals surface area contributed by atoms with Crippen LogP contribution in [0.5, 0.6) is 0 Å². The Morgan fingerprint density at radius 1 is 1.17 bits per heavy atom. The molecular formula is C24H31N5O. The summed E-state index contributed by atoms with van der Waals surface area (Å²) in [6, 6.07) is 2.12. The van der Waals surface area contributed by atoms with Gasteiger partial charge in [0.15, 0.2) is 0 Å².